The van der Waals surface area contributed by atoms with E-state index in [2.05, 4.69) is 6.92 Å². The molecular formula is C10H12O2. The smallest absolute Gasteiger partial charge is 0.115 e. The molecule has 0 amide bonds. The van der Waals surface area contributed by atoms with Gasteiger partial charge in [-0.3, -0.25) is 0 Å². The molecule has 1 aromatic carbocycles. The number of phenols is 1. The van der Waals surface area contributed by atoms with E-state index < -0.39 is 0 Å². The number of hydrogen-bond acceptors (Lipinski definition) is 2. The zero-order chi connectivity index (χ0) is 8.55. The van der Waals surface area contributed by atoms with E-state index in [1.807, 2.05) is 6.07 Å². The maximum Gasteiger partial charge on any atom is 0.115 e. The average Bonchev–Trinajstić information content (AvgIpc) is 2.46. The van der Waals surface area contributed by atoms with Crippen LogP contribution in [0.25, 0.3) is 0 Å². The lowest BCUT2D eigenvalue weighted by Crippen LogP contribution is -1.92. The van der Waals surface area contributed by atoms with Crippen LogP contribution in [-0.4, -0.2) is 5.11 Å². The highest BCUT2D eigenvalue weighted by Crippen LogP contribution is 2.34. The van der Waals surface area contributed by atoms with Gasteiger partial charge in [-0.1, -0.05) is 13.0 Å². The summed E-state index contributed by atoms with van der Waals surface area (Å²) < 4.78 is 5.52. The summed E-state index contributed by atoms with van der Waals surface area (Å²) in [6.45, 7) is 2.78. The van der Waals surface area contributed by atoms with E-state index in [0.29, 0.717) is 12.4 Å². The van der Waals surface area contributed by atoms with Crippen molar-refractivity contribution in [1.29, 1.82) is 0 Å². The van der Waals surface area contributed by atoms with Crippen molar-refractivity contribution >= 4 is 0 Å². The first kappa shape index (κ1) is 7.62. The minimum absolute atomic E-state index is 0.187. The summed E-state index contributed by atoms with van der Waals surface area (Å²) in [7, 11) is 0. The maximum atomic E-state index is 9.25. The fourth-order valence-corrected chi connectivity index (χ4v) is 1.63. The van der Waals surface area contributed by atoms with Crippen LogP contribution in [-0.2, 0) is 11.3 Å². The van der Waals surface area contributed by atoms with Crippen LogP contribution in [0.5, 0.6) is 5.75 Å². The quantitative estimate of drug-likeness (QED) is 0.690. The lowest BCUT2D eigenvalue weighted by molar-refractivity contribution is 0.0636. The summed E-state index contributed by atoms with van der Waals surface area (Å²) in [5.41, 5.74) is 2.36. The molecule has 64 valence electrons. The van der Waals surface area contributed by atoms with Crippen LogP contribution in [0.15, 0.2) is 18.2 Å². The van der Waals surface area contributed by atoms with Crippen molar-refractivity contribution in [2.45, 2.75) is 26.1 Å². The molecule has 1 atom stereocenters. The molecule has 1 aliphatic heterocycles. The SMILES string of the molecule is CC[C@H]1OCc2ccc(O)cc21. The van der Waals surface area contributed by atoms with E-state index in [1.165, 1.54) is 5.56 Å². The second-order valence-electron chi connectivity index (χ2n) is 3.09. The van der Waals surface area contributed by atoms with Gasteiger partial charge in [0.15, 0.2) is 0 Å². The van der Waals surface area contributed by atoms with E-state index in [9.17, 15) is 5.11 Å². The number of ether oxygens (including phenoxy) is 1. The van der Waals surface area contributed by atoms with Crippen LogP contribution in [0, 0.1) is 0 Å². The molecule has 12 heavy (non-hydrogen) atoms. The number of rotatable bonds is 1. The standard InChI is InChI=1S/C10H12O2/c1-2-10-9-5-8(11)4-3-7(9)6-12-10/h3-5,10-11H,2,6H2,1H3/t10-/m1/s1. The highest BCUT2D eigenvalue weighted by Gasteiger charge is 2.21. The van der Waals surface area contributed by atoms with Crippen molar-refractivity contribution in [2.24, 2.45) is 0 Å². The Bertz CT molecular complexity index is 294. The molecule has 2 nitrogen and oxygen atoms in total. The lowest BCUT2D eigenvalue weighted by atomic mass is 10.0. The minimum atomic E-state index is 0.187. The molecule has 1 N–H and O–H groups in total. The molecule has 1 heterocycles. The van der Waals surface area contributed by atoms with Gasteiger partial charge in [0.1, 0.15) is 5.75 Å². The van der Waals surface area contributed by atoms with Gasteiger partial charge in [-0.2, -0.15) is 0 Å². The predicted octanol–water partition coefficient (Wildman–Crippen LogP) is 2.37. The van der Waals surface area contributed by atoms with Gasteiger partial charge in [0.2, 0.25) is 0 Å². The molecule has 0 fully saturated rings. The zero-order valence-electron chi connectivity index (χ0n) is 7.08. The van der Waals surface area contributed by atoms with Crippen LogP contribution in [0.1, 0.15) is 30.6 Å². The van der Waals surface area contributed by atoms with Gasteiger partial charge >= 0.3 is 0 Å². The molecule has 2 heteroatoms. The molecule has 0 radical (unpaired) electrons. The minimum Gasteiger partial charge on any atom is -0.508 e. The fourth-order valence-electron chi connectivity index (χ4n) is 1.63. The highest BCUT2D eigenvalue weighted by molar-refractivity contribution is 5.37. The predicted molar refractivity (Wildman–Crippen MR) is 45.9 cm³/mol. The summed E-state index contributed by atoms with van der Waals surface area (Å²) in [4.78, 5) is 0. The van der Waals surface area contributed by atoms with E-state index in [-0.39, 0.29) is 6.10 Å². The number of benzene rings is 1. The Labute approximate surface area is 71.8 Å². The molecule has 0 aromatic heterocycles. The monoisotopic (exact) mass is 164 g/mol. The van der Waals surface area contributed by atoms with Gasteiger partial charge in [-0.25, -0.2) is 0 Å². The summed E-state index contributed by atoms with van der Waals surface area (Å²) >= 11 is 0. The molecule has 0 spiro atoms. The Morgan fingerprint density at radius 1 is 1.58 bits per heavy atom. The van der Waals surface area contributed by atoms with Gasteiger partial charge in [0.25, 0.3) is 0 Å². The number of aromatic hydroxyl groups is 1. The van der Waals surface area contributed by atoms with E-state index >= 15 is 0 Å². The largest absolute Gasteiger partial charge is 0.508 e. The second-order valence-corrected chi connectivity index (χ2v) is 3.09. The molecule has 0 aliphatic carbocycles. The van der Waals surface area contributed by atoms with Crippen LogP contribution < -0.4 is 0 Å². The number of phenolic OH excluding ortho intramolecular Hbond substituents is 1. The van der Waals surface area contributed by atoms with Gasteiger partial charge in [0.05, 0.1) is 12.7 Å². The third-order valence-electron chi connectivity index (χ3n) is 2.29. The molecular weight excluding hydrogens is 152 g/mol. The third kappa shape index (κ3) is 1.08. The first-order chi connectivity index (χ1) is 5.81. The van der Waals surface area contributed by atoms with Gasteiger partial charge in [-0.15, -0.1) is 0 Å². The lowest BCUT2D eigenvalue weighted by Gasteiger charge is -2.06. The van der Waals surface area contributed by atoms with Crippen molar-refractivity contribution in [1.82, 2.24) is 0 Å². The van der Waals surface area contributed by atoms with Crippen molar-refractivity contribution in [3.05, 3.63) is 29.3 Å². The Kier molecular flexibility index (Phi) is 1.77. The summed E-state index contributed by atoms with van der Waals surface area (Å²) in [6, 6.07) is 5.44. The Balaban J connectivity index is 2.42. The Morgan fingerprint density at radius 2 is 2.42 bits per heavy atom. The van der Waals surface area contributed by atoms with Gasteiger partial charge in [0, 0.05) is 0 Å². The van der Waals surface area contributed by atoms with Gasteiger partial charge < -0.3 is 9.84 Å². The molecule has 2 rings (SSSR count). The van der Waals surface area contributed by atoms with Crippen LogP contribution >= 0.6 is 0 Å². The third-order valence-corrected chi connectivity index (χ3v) is 2.29. The topological polar surface area (TPSA) is 29.5 Å². The maximum absolute atomic E-state index is 9.25. The van der Waals surface area contributed by atoms with Crippen LogP contribution in [0.2, 0.25) is 0 Å². The second kappa shape index (κ2) is 2.79. The van der Waals surface area contributed by atoms with Crippen molar-refractivity contribution in [3.8, 4) is 5.75 Å². The van der Waals surface area contributed by atoms with Crippen LogP contribution in [0.3, 0.4) is 0 Å². The molecule has 0 unspecified atom stereocenters. The van der Waals surface area contributed by atoms with E-state index in [4.69, 9.17) is 4.74 Å². The van der Waals surface area contributed by atoms with Crippen molar-refractivity contribution < 1.29 is 9.84 Å². The zero-order valence-corrected chi connectivity index (χ0v) is 7.08. The Hall–Kier alpha value is -1.02. The summed E-state index contributed by atoms with van der Waals surface area (Å²) in [5.74, 6) is 0.331. The highest BCUT2D eigenvalue weighted by atomic mass is 16.5. The molecule has 1 aliphatic rings. The molecule has 0 saturated carbocycles. The normalized spacial score (nSPS) is 20.9. The average molecular weight is 164 g/mol. The van der Waals surface area contributed by atoms with Crippen molar-refractivity contribution in [2.75, 3.05) is 0 Å². The first-order valence-corrected chi connectivity index (χ1v) is 4.24. The summed E-state index contributed by atoms with van der Waals surface area (Å²) in [5, 5.41) is 9.25. The fraction of sp³-hybridized carbons (Fsp3) is 0.400. The van der Waals surface area contributed by atoms with Gasteiger partial charge in [-0.05, 0) is 29.7 Å². The molecule has 0 bridgehead atoms. The number of hydrogen-bond donors (Lipinski definition) is 1. The van der Waals surface area contributed by atoms with E-state index in [1.54, 1.807) is 12.1 Å². The van der Waals surface area contributed by atoms with Crippen LogP contribution in [0.4, 0.5) is 0 Å². The first-order valence-electron chi connectivity index (χ1n) is 4.24. The molecule has 1 aromatic rings. The Morgan fingerprint density at radius 3 is 3.17 bits per heavy atom. The number of fused-ring (bicyclic) bond motifs is 1. The van der Waals surface area contributed by atoms with E-state index in [0.717, 1.165) is 12.0 Å². The summed E-state index contributed by atoms with van der Waals surface area (Å²) in [6.07, 6.45) is 1.16. The van der Waals surface area contributed by atoms with Crippen molar-refractivity contribution in [3.63, 3.8) is 0 Å². The molecule has 0 saturated heterocycles.